The lowest BCUT2D eigenvalue weighted by molar-refractivity contribution is -0.135. The van der Waals surface area contributed by atoms with E-state index in [0.717, 1.165) is 0 Å². The standard InChI is InChI=1S/C22H22Cl2N2O5/c23-17-3-2-16(12-18(17)24)29-10-7-21(27)26-8-5-14(6-9-26)22(28)25-15-1-4-19-20(11-15)31-13-30-19/h1-4,11-12,14H,5-10,13H2,(H,25,28). The van der Waals surface area contributed by atoms with Gasteiger partial charge in [0.15, 0.2) is 11.5 Å². The predicted octanol–water partition coefficient (Wildman–Crippen LogP) is 4.37. The first-order valence-electron chi connectivity index (χ1n) is 10.1. The lowest BCUT2D eigenvalue weighted by Gasteiger charge is -2.31. The van der Waals surface area contributed by atoms with Crippen LogP contribution in [0, 0.1) is 5.92 Å². The summed E-state index contributed by atoms with van der Waals surface area (Å²) in [4.78, 5) is 26.8. The van der Waals surface area contributed by atoms with E-state index in [1.165, 1.54) is 0 Å². The number of ether oxygens (including phenoxy) is 3. The minimum absolute atomic E-state index is 0.00897. The molecule has 9 heteroatoms. The minimum Gasteiger partial charge on any atom is -0.493 e. The van der Waals surface area contributed by atoms with Gasteiger partial charge in [0.1, 0.15) is 5.75 Å². The molecule has 1 fully saturated rings. The zero-order valence-electron chi connectivity index (χ0n) is 16.7. The van der Waals surface area contributed by atoms with Gasteiger partial charge in [0.2, 0.25) is 18.6 Å². The first-order valence-corrected chi connectivity index (χ1v) is 10.8. The normalized spacial score (nSPS) is 15.6. The van der Waals surface area contributed by atoms with Gasteiger partial charge in [-0.1, -0.05) is 23.2 Å². The summed E-state index contributed by atoms with van der Waals surface area (Å²) in [6, 6.07) is 10.3. The van der Waals surface area contributed by atoms with Gasteiger partial charge in [-0.15, -0.1) is 0 Å². The van der Waals surface area contributed by atoms with Gasteiger partial charge in [-0.2, -0.15) is 0 Å². The number of likely N-dealkylation sites (tertiary alicyclic amines) is 1. The van der Waals surface area contributed by atoms with Crippen molar-refractivity contribution in [2.24, 2.45) is 5.92 Å². The average Bonchev–Trinajstić information content (AvgIpc) is 3.24. The molecule has 4 rings (SSSR count). The summed E-state index contributed by atoms with van der Waals surface area (Å²) in [7, 11) is 0. The molecular weight excluding hydrogens is 443 g/mol. The number of anilines is 1. The van der Waals surface area contributed by atoms with E-state index >= 15 is 0 Å². The molecule has 1 saturated heterocycles. The minimum atomic E-state index is -0.137. The van der Waals surface area contributed by atoms with Crippen LogP contribution in [0.2, 0.25) is 10.0 Å². The summed E-state index contributed by atoms with van der Waals surface area (Å²) in [5.74, 6) is 1.70. The highest BCUT2D eigenvalue weighted by Crippen LogP contribution is 2.34. The fourth-order valence-electron chi connectivity index (χ4n) is 3.59. The van der Waals surface area contributed by atoms with Crippen LogP contribution in [-0.2, 0) is 9.59 Å². The summed E-state index contributed by atoms with van der Waals surface area (Å²) in [5, 5.41) is 3.79. The Kier molecular flexibility index (Phi) is 6.73. The molecule has 0 unspecified atom stereocenters. The second-order valence-corrected chi connectivity index (χ2v) is 8.20. The second kappa shape index (κ2) is 9.66. The van der Waals surface area contributed by atoms with Crippen molar-refractivity contribution >= 4 is 40.7 Å². The highest BCUT2D eigenvalue weighted by atomic mass is 35.5. The number of nitrogens with zero attached hydrogens (tertiary/aromatic N) is 1. The molecule has 2 aromatic rings. The quantitative estimate of drug-likeness (QED) is 0.686. The predicted molar refractivity (Wildman–Crippen MR) is 117 cm³/mol. The molecule has 0 spiro atoms. The van der Waals surface area contributed by atoms with Crippen molar-refractivity contribution in [1.29, 1.82) is 0 Å². The Hall–Kier alpha value is -2.64. The Morgan fingerprint density at radius 1 is 1.03 bits per heavy atom. The Balaban J connectivity index is 1.20. The highest BCUT2D eigenvalue weighted by Gasteiger charge is 2.27. The maximum Gasteiger partial charge on any atom is 0.231 e. The third kappa shape index (κ3) is 5.35. The Morgan fingerprint density at radius 2 is 1.81 bits per heavy atom. The number of hydrogen-bond acceptors (Lipinski definition) is 5. The Labute approximate surface area is 190 Å². The number of amides is 2. The maximum absolute atomic E-state index is 12.6. The van der Waals surface area contributed by atoms with Crippen LogP contribution in [0.25, 0.3) is 0 Å². The summed E-state index contributed by atoms with van der Waals surface area (Å²) in [6.07, 6.45) is 1.50. The van der Waals surface area contributed by atoms with Crippen molar-refractivity contribution in [3.8, 4) is 17.2 Å². The monoisotopic (exact) mass is 464 g/mol. The van der Waals surface area contributed by atoms with Crippen LogP contribution in [0.5, 0.6) is 17.2 Å². The van der Waals surface area contributed by atoms with Crippen LogP contribution < -0.4 is 19.5 Å². The molecule has 0 saturated carbocycles. The molecule has 2 aromatic carbocycles. The van der Waals surface area contributed by atoms with E-state index in [9.17, 15) is 9.59 Å². The molecule has 7 nitrogen and oxygen atoms in total. The number of halogens is 2. The van der Waals surface area contributed by atoms with Crippen LogP contribution in [0.3, 0.4) is 0 Å². The molecule has 164 valence electrons. The number of fused-ring (bicyclic) bond motifs is 1. The lowest BCUT2D eigenvalue weighted by atomic mass is 9.95. The molecule has 0 bridgehead atoms. The summed E-state index contributed by atoms with van der Waals surface area (Å²) >= 11 is 11.8. The average molecular weight is 465 g/mol. The zero-order valence-corrected chi connectivity index (χ0v) is 18.2. The van der Waals surface area contributed by atoms with Gasteiger partial charge in [-0.25, -0.2) is 0 Å². The molecule has 2 aliphatic heterocycles. The first kappa shape index (κ1) is 21.6. The summed E-state index contributed by atoms with van der Waals surface area (Å²) in [6.45, 7) is 1.54. The van der Waals surface area contributed by atoms with Gasteiger partial charge in [0.05, 0.1) is 23.1 Å². The molecular formula is C22H22Cl2N2O5. The van der Waals surface area contributed by atoms with Crippen LogP contribution in [0.1, 0.15) is 19.3 Å². The highest BCUT2D eigenvalue weighted by molar-refractivity contribution is 6.42. The van der Waals surface area contributed by atoms with Crippen molar-refractivity contribution in [1.82, 2.24) is 4.90 Å². The fraction of sp³-hybridized carbons (Fsp3) is 0.364. The third-order valence-electron chi connectivity index (χ3n) is 5.33. The van der Waals surface area contributed by atoms with Crippen molar-refractivity contribution in [2.45, 2.75) is 19.3 Å². The molecule has 1 N–H and O–H groups in total. The molecule has 2 aliphatic rings. The van der Waals surface area contributed by atoms with Gasteiger partial charge < -0.3 is 24.4 Å². The van der Waals surface area contributed by atoms with Crippen molar-refractivity contribution in [3.63, 3.8) is 0 Å². The lowest BCUT2D eigenvalue weighted by Crippen LogP contribution is -2.41. The number of piperidine rings is 1. The number of rotatable bonds is 6. The topological polar surface area (TPSA) is 77.1 Å². The fourth-order valence-corrected chi connectivity index (χ4v) is 3.88. The zero-order chi connectivity index (χ0) is 21.8. The van der Waals surface area contributed by atoms with E-state index < -0.39 is 0 Å². The van der Waals surface area contributed by atoms with Crippen LogP contribution in [0.15, 0.2) is 36.4 Å². The molecule has 0 aliphatic carbocycles. The molecule has 2 heterocycles. The van der Waals surface area contributed by atoms with Gasteiger partial charge >= 0.3 is 0 Å². The van der Waals surface area contributed by atoms with Crippen molar-refractivity contribution in [2.75, 3.05) is 31.8 Å². The number of carbonyl (C=O) groups excluding carboxylic acids is 2. The van der Waals surface area contributed by atoms with E-state index in [4.69, 9.17) is 37.4 Å². The number of nitrogens with one attached hydrogen (secondary N) is 1. The molecule has 31 heavy (non-hydrogen) atoms. The van der Waals surface area contributed by atoms with Gasteiger partial charge in [0.25, 0.3) is 0 Å². The number of carbonyl (C=O) groups is 2. The number of benzene rings is 2. The molecule has 0 aromatic heterocycles. The van der Waals surface area contributed by atoms with Crippen LogP contribution >= 0.6 is 23.2 Å². The van der Waals surface area contributed by atoms with Gasteiger partial charge in [-0.3, -0.25) is 9.59 Å². The van der Waals surface area contributed by atoms with Crippen LogP contribution in [-0.4, -0.2) is 43.2 Å². The molecule has 0 radical (unpaired) electrons. The maximum atomic E-state index is 12.6. The Bertz CT molecular complexity index is 976. The molecule has 0 atom stereocenters. The number of hydrogen-bond donors (Lipinski definition) is 1. The van der Waals surface area contributed by atoms with Crippen LogP contribution in [0.4, 0.5) is 5.69 Å². The van der Waals surface area contributed by atoms with E-state index in [-0.39, 0.29) is 37.6 Å². The second-order valence-electron chi connectivity index (χ2n) is 7.39. The van der Waals surface area contributed by atoms with Gasteiger partial charge in [0, 0.05) is 36.8 Å². The van der Waals surface area contributed by atoms with E-state index in [2.05, 4.69) is 5.32 Å². The summed E-state index contributed by atoms with van der Waals surface area (Å²) < 4.78 is 16.2. The Morgan fingerprint density at radius 3 is 2.58 bits per heavy atom. The van der Waals surface area contributed by atoms with Gasteiger partial charge in [-0.05, 0) is 37.1 Å². The first-order chi connectivity index (χ1) is 15.0. The SMILES string of the molecule is O=C(Nc1ccc2c(c1)OCO2)C1CCN(C(=O)CCOc2ccc(Cl)c(Cl)c2)CC1. The summed E-state index contributed by atoms with van der Waals surface area (Å²) in [5.41, 5.74) is 0.673. The van der Waals surface area contributed by atoms with Crippen molar-refractivity contribution < 1.29 is 23.8 Å². The van der Waals surface area contributed by atoms with E-state index in [1.807, 2.05) is 0 Å². The van der Waals surface area contributed by atoms with E-state index in [0.29, 0.717) is 58.9 Å². The largest absolute Gasteiger partial charge is 0.493 e. The van der Waals surface area contributed by atoms with Crippen molar-refractivity contribution in [3.05, 3.63) is 46.4 Å². The smallest absolute Gasteiger partial charge is 0.231 e. The van der Waals surface area contributed by atoms with E-state index in [1.54, 1.807) is 41.3 Å². The molecule has 2 amide bonds. The third-order valence-corrected chi connectivity index (χ3v) is 6.07.